The number of aliphatic hydroxyl groups is 1. The molecule has 3 rings (SSSR count). The molecule has 0 radical (unpaired) electrons. The van der Waals surface area contributed by atoms with E-state index < -0.39 is 52.9 Å². The highest BCUT2D eigenvalue weighted by atomic mass is 19.3. The third-order valence-electron chi connectivity index (χ3n) is 3.97. The molecule has 0 bridgehead atoms. The van der Waals surface area contributed by atoms with Crippen LogP contribution in [0.1, 0.15) is 34.8 Å². The van der Waals surface area contributed by atoms with E-state index in [1.807, 2.05) is 0 Å². The summed E-state index contributed by atoms with van der Waals surface area (Å²) in [5, 5.41) is 18.5. The highest BCUT2D eigenvalue weighted by Gasteiger charge is 2.56. The molecule has 0 unspecified atom stereocenters. The van der Waals surface area contributed by atoms with E-state index in [2.05, 4.69) is 0 Å². The zero-order valence-electron chi connectivity index (χ0n) is 12.7. The Balaban J connectivity index is 2.14. The first-order valence-electron chi connectivity index (χ1n) is 7.20. The fourth-order valence-electron chi connectivity index (χ4n) is 2.85. The van der Waals surface area contributed by atoms with Crippen molar-refractivity contribution in [2.24, 2.45) is 0 Å². The Bertz CT molecular complexity index is 909. The highest BCUT2D eigenvalue weighted by molar-refractivity contribution is 5.54. The summed E-state index contributed by atoms with van der Waals surface area (Å²) in [7, 11) is 0. The van der Waals surface area contributed by atoms with Crippen LogP contribution in [0.4, 0.5) is 26.3 Å². The van der Waals surface area contributed by atoms with Crippen LogP contribution in [-0.4, -0.2) is 11.3 Å². The number of benzene rings is 2. The second-order valence-electron chi connectivity index (χ2n) is 5.60. The van der Waals surface area contributed by atoms with Crippen LogP contribution in [-0.2, 0) is 5.92 Å². The minimum atomic E-state index is -4.14. The quantitative estimate of drug-likeness (QED) is 0.779. The van der Waals surface area contributed by atoms with E-state index in [0.717, 1.165) is 24.3 Å². The van der Waals surface area contributed by atoms with Crippen LogP contribution in [0.3, 0.4) is 0 Å². The zero-order chi connectivity index (χ0) is 19.2. The van der Waals surface area contributed by atoms with Crippen LogP contribution < -0.4 is 4.74 Å². The molecule has 0 spiro atoms. The van der Waals surface area contributed by atoms with Crippen molar-refractivity contribution in [2.75, 3.05) is 0 Å². The zero-order valence-corrected chi connectivity index (χ0v) is 12.7. The van der Waals surface area contributed by atoms with Crippen molar-refractivity contribution < 1.29 is 36.2 Å². The van der Waals surface area contributed by atoms with E-state index in [0.29, 0.717) is 6.07 Å². The van der Waals surface area contributed by atoms with E-state index >= 15 is 0 Å². The Morgan fingerprint density at radius 1 is 1.19 bits per heavy atom. The fraction of sp³-hybridized carbons (Fsp3) is 0.235. The Kier molecular flexibility index (Phi) is 4.32. The molecule has 136 valence electrons. The minimum Gasteiger partial charge on any atom is -0.457 e. The number of fused-ring (bicyclic) bond motifs is 1. The van der Waals surface area contributed by atoms with Crippen LogP contribution in [0, 0.1) is 17.1 Å². The SMILES string of the molecule is N#Cc1cc(F)cc(Oc2ccc3c(c2C(F)F)[C@@H](O)[C@H](F)C3(F)F)c1. The summed E-state index contributed by atoms with van der Waals surface area (Å²) in [5.74, 6) is -6.00. The van der Waals surface area contributed by atoms with Gasteiger partial charge in [-0.05, 0) is 24.3 Å². The molecular formula is C17H9F6NO2. The number of nitrogens with zero attached hydrogens (tertiary/aromatic N) is 1. The van der Waals surface area contributed by atoms with Crippen molar-refractivity contribution in [1.29, 1.82) is 5.26 Å². The Morgan fingerprint density at radius 2 is 1.88 bits per heavy atom. The number of ether oxygens (including phenoxy) is 1. The molecule has 0 amide bonds. The van der Waals surface area contributed by atoms with Crippen molar-refractivity contribution in [3.63, 3.8) is 0 Å². The number of nitriles is 1. The number of halogens is 6. The number of rotatable bonds is 3. The molecule has 0 fully saturated rings. The smallest absolute Gasteiger partial charge is 0.307 e. The van der Waals surface area contributed by atoms with Gasteiger partial charge in [0.25, 0.3) is 6.43 Å². The monoisotopic (exact) mass is 373 g/mol. The summed E-state index contributed by atoms with van der Waals surface area (Å²) in [6, 6.07) is 5.79. The molecular weight excluding hydrogens is 364 g/mol. The van der Waals surface area contributed by atoms with E-state index in [9.17, 15) is 31.4 Å². The molecule has 2 atom stereocenters. The predicted octanol–water partition coefficient (Wildman–Crippen LogP) is 4.90. The van der Waals surface area contributed by atoms with E-state index in [1.54, 1.807) is 6.07 Å². The van der Waals surface area contributed by atoms with Gasteiger partial charge in [0.2, 0.25) is 0 Å². The lowest BCUT2D eigenvalue weighted by molar-refractivity contribution is -0.104. The first kappa shape index (κ1) is 18.1. The summed E-state index contributed by atoms with van der Waals surface area (Å²) in [6.45, 7) is 0. The van der Waals surface area contributed by atoms with E-state index in [1.165, 1.54) is 0 Å². The van der Waals surface area contributed by atoms with Gasteiger partial charge in [0.05, 0.1) is 17.2 Å². The maximum atomic E-state index is 13.8. The highest BCUT2D eigenvalue weighted by Crippen LogP contribution is 2.53. The second kappa shape index (κ2) is 6.21. The molecule has 1 N–H and O–H groups in total. The average Bonchev–Trinajstić information content (AvgIpc) is 2.74. The normalized spacial score (nSPS) is 20.7. The van der Waals surface area contributed by atoms with Crippen LogP contribution in [0.5, 0.6) is 11.5 Å². The molecule has 0 heterocycles. The fourth-order valence-corrected chi connectivity index (χ4v) is 2.85. The molecule has 26 heavy (non-hydrogen) atoms. The maximum absolute atomic E-state index is 13.8. The lowest BCUT2D eigenvalue weighted by atomic mass is 10.0. The molecule has 2 aromatic rings. The van der Waals surface area contributed by atoms with E-state index in [-0.39, 0.29) is 11.3 Å². The summed E-state index contributed by atoms with van der Waals surface area (Å²) < 4.78 is 86.8. The van der Waals surface area contributed by atoms with Gasteiger partial charge in [-0.1, -0.05) is 0 Å². The molecule has 0 aromatic heterocycles. The van der Waals surface area contributed by atoms with Crippen molar-refractivity contribution in [2.45, 2.75) is 24.6 Å². The topological polar surface area (TPSA) is 53.2 Å². The van der Waals surface area contributed by atoms with Gasteiger partial charge in [-0.3, -0.25) is 0 Å². The van der Waals surface area contributed by atoms with Gasteiger partial charge in [-0.2, -0.15) is 14.0 Å². The summed E-state index contributed by atoms with van der Waals surface area (Å²) >= 11 is 0. The van der Waals surface area contributed by atoms with Crippen LogP contribution in [0.25, 0.3) is 0 Å². The van der Waals surface area contributed by atoms with Crippen LogP contribution >= 0.6 is 0 Å². The second-order valence-corrected chi connectivity index (χ2v) is 5.60. The van der Waals surface area contributed by atoms with Gasteiger partial charge in [0.1, 0.15) is 23.4 Å². The molecule has 2 aromatic carbocycles. The van der Waals surface area contributed by atoms with Crippen molar-refractivity contribution >= 4 is 0 Å². The third kappa shape index (κ3) is 2.76. The number of hydrogen-bond acceptors (Lipinski definition) is 3. The Morgan fingerprint density at radius 3 is 2.50 bits per heavy atom. The van der Waals surface area contributed by atoms with Gasteiger partial charge in [0, 0.05) is 17.2 Å². The number of alkyl halides is 5. The average molecular weight is 373 g/mol. The standard InChI is InChI=1S/C17H9F6NO2/c18-8-3-7(6-24)4-9(5-8)26-11-2-1-10-12(13(11)16(20)21)14(25)15(19)17(10,22)23/h1-5,14-16,25H/t14-,15+/m1/s1. The van der Waals surface area contributed by atoms with Crippen LogP contribution in [0.2, 0.25) is 0 Å². The Labute approximate surface area is 143 Å². The largest absolute Gasteiger partial charge is 0.457 e. The molecule has 1 aliphatic carbocycles. The molecule has 0 aliphatic heterocycles. The molecule has 0 saturated heterocycles. The first-order valence-corrected chi connectivity index (χ1v) is 7.20. The lowest BCUT2D eigenvalue weighted by Gasteiger charge is -2.16. The van der Waals surface area contributed by atoms with E-state index in [4.69, 9.17) is 10.00 Å². The van der Waals surface area contributed by atoms with Gasteiger partial charge in [-0.15, -0.1) is 0 Å². The summed E-state index contributed by atoms with van der Waals surface area (Å²) in [5.41, 5.74) is -3.28. The van der Waals surface area contributed by atoms with Crippen molar-refractivity contribution in [3.05, 3.63) is 58.4 Å². The number of aliphatic hydroxyl groups excluding tert-OH is 1. The molecule has 9 heteroatoms. The maximum Gasteiger partial charge on any atom is 0.307 e. The summed E-state index contributed by atoms with van der Waals surface area (Å²) in [4.78, 5) is 0. The van der Waals surface area contributed by atoms with Gasteiger partial charge in [0.15, 0.2) is 6.17 Å². The number of hydrogen-bond donors (Lipinski definition) is 1. The molecule has 3 nitrogen and oxygen atoms in total. The minimum absolute atomic E-state index is 0.157. The summed E-state index contributed by atoms with van der Waals surface area (Å²) in [6.07, 6.45) is -8.92. The Hall–Kier alpha value is -2.73. The third-order valence-corrected chi connectivity index (χ3v) is 3.97. The van der Waals surface area contributed by atoms with Gasteiger partial charge in [-0.25, -0.2) is 17.6 Å². The molecule has 0 saturated carbocycles. The van der Waals surface area contributed by atoms with Gasteiger partial charge < -0.3 is 9.84 Å². The molecule has 1 aliphatic rings. The van der Waals surface area contributed by atoms with Crippen molar-refractivity contribution in [3.8, 4) is 17.6 Å². The van der Waals surface area contributed by atoms with Crippen molar-refractivity contribution in [1.82, 2.24) is 0 Å². The van der Waals surface area contributed by atoms with Crippen LogP contribution in [0.15, 0.2) is 30.3 Å². The predicted molar refractivity (Wildman–Crippen MR) is 76.3 cm³/mol. The first-order chi connectivity index (χ1) is 12.2. The van der Waals surface area contributed by atoms with Gasteiger partial charge >= 0.3 is 5.92 Å². The lowest BCUT2D eigenvalue weighted by Crippen LogP contribution is -2.24.